The van der Waals surface area contributed by atoms with Gasteiger partial charge in [-0.15, -0.1) is 0 Å². The average Bonchev–Trinajstić information content (AvgIpc) is 2.88. The second kappa shape index (κ2) is 14.0. The van der Waals surface area contributed by atoms with Crippen molar-refractivity contribution in [2.45, 2.75) is 38.1 Å². The van der Waals surface area contributed by atoms with Crippen molar-refractivity contribution in [3.05, 3.63) is 63.6 Å². The van der Waals surface area contributed by atoms with Crippen molar-refractivity contribution >= 4 is 46.7 Å². The van der Waals surface area contributed by atoms with Gasteiger partial charge in [0.15, 0.2) is 0 Å². The molecule has 198 valence electrons. The molecule has 1 aliphatic rings. The van der Waals surface area contributed by atoms with Crippen LogP contribution in [0.1, 0.15) is 41.6 Å². The van der Waals surface area contributed by atoms with Gasteiger partial charge >= 0.3 is 5.97 Å². The summed E-state index contributed by atoms with van der Waals surface area (Å²) in [7, 11) is 3.07. The van der Waals surface area contributed by atoms with Crippen LogP contribution < -0.4 is 10.1 Å². The maximum Gasteiger partial charge on any atom is 0.328 e. The Morgan fingerprint density at radius 1 is 1.08 bits per heavy atom. The van der Waals surface area contributed by atoms with Gasteiger partial charge in [0.05, 0.1) is 35.9 Å². The topological polar surface area (TPSA) is 97.3 Å². The molecule has 0 fully saturated rings. The normalized spacial score (nSPS) is 14.1. The second-order valence-electron chi connectivity index (χ2n) is 8.79. The lowest BCUT2D eigenvalue weighted by molar-refractivity contribution is -0.142. The maximum atomic E-state index is 12.7. The molecule has 1 atom stereocenters. The van der Waals surface area contributed by atoms with Gasteiger partial charge in [-0.1, -0.05) is 41.4 Å². The first-order valence-corrected chi connectivity index (χ1v) is 12.8. The van der Waals surface area contributed by atoms with Crippen LogP contribution in [0.3, 0.4) is 0 Å². The van der Waals surface area contributed by atoms with Crippen LogP contribution in [0.2, 0.25) is 10.0 Å². The molecule has 1 aliphatic heterocycles. The highest BCUT2D eigenvalue weighted by molar-refractivity contribution is 6.39. The van der Waals surface area contributed by atoms with Gasteiger partial charge in [-0.2, -0.15) is 0 Å². The molecular formula is C27H31Cl2N3O5. The number of carbonyl (C=O) groups excluding carboxylic acids is 3. The minimum Gasteiger partial charge on any atom is -0.494 e. The summed E-state index contributed by atoms with van der Waals surface area (Å²) in [4.78, 5) is 42.6. The third kappa shape index (κ3) is 8.47. The highest BCUT2D eigenvalue weighted by Crippen LogP contribution is 2.24. The average molecular weight is 548 g/mol. The minimum absolute atomic E-state index is 0.0655. The number of aliphatic imine (C=N–C) groups is 1. The monoisotopic (exact) mass is 547 g/mol. The van der Waals surface area contributed by atoms with Gasteiger partial charge in [0.25, 0.3) is 5.91 Å². The lowest BCUT2D eigenvalue weighted by Crippen LogP contribution is -2.43. The molecule has 10 heteroatoms. The third-order valence-corrected chi connectivity index (χ3v) is 6.64. The second-order valence-corrected chi connectivity index (χ2v) is 9.60. The van der Waals surface area contributed by atoms with Gasteiger partial charge < -0.3 is 19.7 Å². The number of nitrogens with zero attached hydrogens (tertiary/aromatic N) is 2. The number of ether oxygens (including phenoxy) is 2. The van der Waals surface area contributed by atoms with Crippen LogP contribution in [-0.4, -0.2) is 68.3 Å². The van der Waals surface area contributed by atoms with Gasteiger partial charge in [-0.3, -0.25) is 14.6 Å². The number of benzene rings is 2. The molecular weight excluding hydrogens is 517 g/mol. The molecule has 37 heavy (non-hydrogen) atoms. The fourth-order valence-corrected chi connectivity index (χ4v) is 4.48. The lowest BCUT2D eigenvalue weighted by atomic mass is 10.0. The summed E-state index contributed by atoms with van der Waals surface area (Å²) in [5.74, 6) is -0.339. The number of hydrogen-bond donors (Lipinski definition) is 1. The van der Waals surface area contributed by atoms with Crippen molar-refractivity contribution in [3.63, 3.8) is 0 Å². The van der Waals surface area contributed by atoms with Gasteiger partial charge in [0.2, 0.25) is 5.91 Å². The van der Waals surface area contributed by atoms with Crippen LogP contribution in [0.25, 0.3) is 0 Å². The number of esters is 1. The van der Waals surface area contributed by atoms with E-state index in [1.54, 1.807) is 30.1 Å². The smallest absolute Gasteiger partial charge is 0.328 e. The fraction of sp³-hybridized carbons (Fsp3) is 0.407. The Morgan fingerprint density at radius 2 is 1.78 bits per heavy atom. The predicted molar refractivity (Wildman–Crippen MR) is 144 cm³/mol. The van der Waals surface area contributed by atoms with E-state index in [1.807, 2.05) is 24.3 Å². The van der Waals surface area contributed by atoms with Crippen molar-refractivity contribution < 1.29 is 23.9 Å². The SMILES string of the molecule is COC(=O)[C@H](Cc1ccc(OCCCCCC2=NCC(=O)N(C)C2)cc1)NC(=O)c1c(Cl)cccc1Cl. The maximum absolute atomic E-state index is 12.7. The van der Waals surface area contributed by atoms with E-state index in [-0.39, 0.29) is 34.5 Å². The minimum atomic E-state index is -0.914. The van der Waals surface area contributed by atoms with Crippen molar-refractivity contribution in [1.82, 2.24) is 10.2 Å². The van der Waals surface area contributed by atoms with E-state index in [4.69, 9.17) is 32.7 Å². The van der Waals surface area contributed by atoms with Crippen LogP contribution in [0.5, 0.6) is 5.75 Å². The summed E-state index contributed by atoms with van der Waals surface area (Å²) in [6, 6.07) is 11.2. The molecule has 0 saturated carbocycles. The molecule has 0 aliphatic carbocycles. The number of carbonyl (C=O) groups is 3. The fourth-order valence-electron chi connectivity index (χ4n) is 3.91. The Kier molecular flexibility index (Phi) is 10.8. The van der Waals surface area contributed by atoms with E-state index in [2.05, 4.69) is 10.3 Å². The van der Waals surface area contributed by atoms with Crippen molar-refractivity contribution in [3.8, 4) is 5.75 Å². The zero-order valence-electron chi connectivity index (χ0n) is 21.0. The Balaban J connectivity index is 1.45. The Bertz CT molecular complexity index is 1120. The quantitative estimate of drug-likeness (QED) is 0.314. The largest absolute Gasteiger partial charge is 0.494 e. The van der Waals surface area contributed by atoms with Crippen molar-refractivity contribution in [1.29, 1.82) is 0 Å². The van der Waals surface area contributed by atoms with Crippen LogP contribution in [0.4, 0.5) is 0 Å². The first-order valence-electron chi connectivity index (χ1n) is 12.1. The third-order valence-electron chi connectivity index (χ3n) is 6.01. The summed E-state index contributed by atoms with van der Waals surface area (Å²) in [6.45, 7) is 1.47. The number of hydrogen-bond acceptors (Lipinski definition) is 6. The zero-order chi connectivity index (χ0) is 26.8. The van der Waals surface area contributed by atoms with Crippen LogP contribution in [0, 0.1) is 0 Å². The van der Waals surface area contributed by atoms with E-state index in [0.29, 0.717) is 13.2 Å². The number of nitrogens with one attached hydrogen (secondary N) is 1. The Hall–Kier alpha value is -3.10. The molecule has 0 unspecified atom stereocenters. The van der Waals surface area contributed by atoms with Gasteiger partial charge in [0.1, 0.15) is 18.3 Å². The molecule has 0 aromatic heterocycles. The summed E-state index contributed by atoms with van der Waals surface area (Å²) in [6.07, 6.45) is 4.04. The van der Waals surface area contributed by atoms with Crippen LogP contribution >= 0.6 is 23.2 Å². The van der Waals surface area contributed by atoms with Gasteiger partial charge in [-0.05, 0) is 55.5 Å². The Morgan fingerprint density at radius 3 is 2.43 bits per heavy atom. The number of methoxy groups -OCH3 is 1. The summed E-state index contributed by atoms with van der Waals surface area (Å²) >= 11 is 12.2. The summed E-state index contributed by atoms with van der Waals surface area (Å²) in [5.41, 5.74) is 2.01. The lowest BCUT2D eigenvalue weighted by Gasteiger charge is -2.22. The zero-order valence-corrected chi connectivity index (χ0v) is 22.5. The number of halogens is 2. The molecule has 0 saturated heterocycles. The van der Waals surface area contributed by atoms with E-state index in [9.17, 15) is 14.4 Å². The number of unbranched alkanes of at least 4 members (excludes halogenated alkanes) is 2. The first kappa shape index (κ1) is 28.5. The molecule has 2 amide bonds. The van der Waals surface area contributed by atoms with Gasteiger partial charge in [0, 0.05) is 19.2 Å². The summed E-state index contributed by atoms with van der Waals surface area (Å²) < 4.78 is 10.7. The van der Waals surface area contributed by atoms with Crippen molar-refractivity contribution in [2.24, 2.45) is 4.99 Å². The van der Waals surface area contributed by atoms with Gasteiger partial charge in [-0.25, -0.2) is 4.79 Å². The molecule has 3 rings (SSSR count). The number of likely N-dealkylation sites (N-methyl/N-ethyl adjacent to an activating group) is 1. The molecule has 0 radical (unpaired) electrons. The standard InChI is InChI=1S/C27H31Cl2N3O5/c1-32-17-19(30-16-24(32)33)7-4-3-5-14-37-20-12-10-18(11-13-20)15-23(27(35)36-2)31-26(34)25-21(28)8-6-9-22(25)29/h6,8-13,23H,3-5,7,14-17H2,1-2H3,(H,31,34)/t23-/m0/s1. The van der Waals surface area contributed by atoms with E-state index < -0.39 is 17.9 Å². The molecule has 0 spiro atoms. The highest BCUT2D eigenvalue weighted by atomic mass is 35.5. The van der Waals surface area contributed by atoms with E-state index in [0.717, 1.165) is 42.7 Å². The molecule has 1 heterocycles. The van der Waals surface area contributed by atoms with Crippen LogP contribution in [-0.2, 0) is 20.7 Å². The molecule has 0 bridgehead atoms. The van der Waals surface area contributed by atoms with E-state index >= 15 is 0 Å². The first-order chi connectivity index (χ1) is 17.8. The molecule has 1 N–H and O–H groups in total. The van der Waals surface area contributed by atoms with Crippen LogP contribution in [0.15, 0.2) is 47.5 Å². The number of rotatable bonds is 12. The van der Waals surface area contributed by atoms with Crippen molar-refractivity contribution in [2.75, 3.05) is 33.9 Å². The molecule has 2 aromatic rings. The molecule has 2 aromatic carbocycles. The number of amides is 2. The predicted octanol–water partition coefficient (Wildman–Crippen LogP) is 4.36. The summed E-state index contributed by atoms with van der Waals surface area (Å²) in [5, 5.41) is 3.06. The molecule has 8 nitrogen and oxygen atoms in total. The Labute approximate surface area is 226 Å². The highest BCUT2D eigenvalue weighted by Gasteiger charge is 2.25. The van der Waals surface area contributed by atoms with E-state index in [1.165, 1.54) is 7.11 Å².